The van der Waals surface area contributed by atoms with Gasteiger partial charge < -0.3 is 9.84 Å². The lowest BCUT2D eigenvalue weighted by Gasteiger charge is -2.06. The van der Waals surface area contributed by atoms with Gasteiger partial charge in [0.2, 0.25) is 0 Å². The fourth-order valence-electron chi connectivity index (χ4n) is 2.26. The van der Waals surface area contributed by atoms with E-state index >= 15 is 0 Å². The number of benzene rings is 3. The van der Waals surface area contributed by atoms with Gasteiger partial charge in [-0.1, -0.05) is 60.7 Å². The van der Waals surface area contributed by atoms with E-state index in [4.69, 9.17) is 4.74 Å². The van der Waals surface area contributed by atoms with Crippen LogP contribution in [-0.4, -0.2) is 11.1 Å². The zero-order chi connectivity index (χ0) is 16.8. The number of ether oxygens (including phenoxy) is 1. The molecule has 24 heavy (non-hydrogen) atoms. The van der Waals surface area contributed by atoms with Crippen molar-refractivity contribution in [3.05, 3.63) is 95.6 Å². The van der Waals surface area contributed by atoms with E-state index in [9.17, 15) is 9.90 Å². The van der Waals surface area contributed by atoms with Crippen molar-refractivity contribution in [2.75, 3.05) is 0 Å². The second-order valence-corrected chi connectivity index (χ2v) is 5.26. The van der Waals surface area contributed by atoms with Gasteiger partial charge >= 0.3 is 5.97 Å². The molecule has 0 atom stereocenters. The van der Waals surface area contributed by atoms with Gasteiger partial charge in [0.15, 0.2) is 0 Å². The highest BCUT2D eigenvalue weighted by molar-refractivity contribution is 5.91. The number of carbonyl (C=O) groups excluding carboxylic acids is 1. The summed E-state index contributed by atoms with van der Waals surface area (Å²) in [6.45, 7) is 0. The van der Waals surface area contributed by atoms with Crippen LogP contribution in [0.3, 0.4) is 0 Å². The van der Waals surface area contributed by atoms with Crippen LogP contribution in [0, 0.1) is 0 Å². The number of hydrogen-bond donors (Lipinski definition) is 1. The quantitative estimate of drug-likeness (QED) is 0.428. The largest absolute Gasteiger partial charge is 0.508 e. The van der Waals surface area contributed by atoms with Crippen molar-refractivity contribution in [1.82, 2.24) is 0 Å². The molecule has 0 aliphatic carbocycles. The third kappa shape index (κ3) is 4.11. The molecule has 118 valence electrons. The lowest BCUT2D eigenvalue weighted by Crippen LogP contribution is -2.08. The molecule has 3 heteroatoms. The maximum absolute atomic E-state index is 12.1. The van der Waals surface area contributed by atoms with Gasteiger partial charge in [0.25, 0.3) is 0 Å². The molecule has 0 aromatic heterocycles. The molecular formula is C21H16O3. The van der Waals surface area contributed by atoms with Crippen LogP contribution in [-0.2, 0) is 0 Å². The minimum Gasteiger partial charge on any atom is -0.508 e. The van der Waals surface area contributed by atoms with Crippen LogP contribution < -0.4 is 4.74 Å². The first kappa shape index (κ1) is 15.6. The molecule has 0 heterocycles. The first-order chi connectivity index (χ1) is 11.7. The van der Waals surface area contributed by atoms with Crippen molar-refractivity contribution in [2.45, 2.75) is 0 Å². The maximum Gasteiger partial charge on any atom is 0.343 e. The van der Waals surface area contributed by atoms with E-state index in [1.807, 2.05) is 48.6 Å². The molecule has 0 saturated carbocycles. The number of hydrogen-bond acceptors (Lipinski definition) is 3. The van der Waals surface area contributed by atoms with Crippen LogP contribution in [0.2, 0.25) is 0 Å². The first-order valence-electron chi connectivity index (χ1n) is 7.55. The molecule has 0 bridgehead atoms. The minimum atomic E-state index is -0.459. The Kier molecular flexibility index (Phi) is 4.73. The van der Waals surface area contributed by atoms with Gasteiger partial charge in [0.1, 0.15) is 11.5 Å². The molecule has 0 unspecified atom stereocenters. The molecule has 0 aliphatic heterocycles. The summed E-state index contributed by atoms with van der Waals surface area (Å²) in [4.78, 5) is 12.1. The highest BCUT2D eigenvalue weighted by Gasteiger charge is 2.09. The number of phenols is 1. The Labute approximate surface area is 140 Å². The molecular weight excluding hydrogens is 300 g/mol. The fourth-order valence-corrected chi connectivity index (χ4v) is 2.26. The third-order valence-electron chi connectivity index (χ3n) is 3.40. The molecule has 0 saturated heterocycles. The monoisotopic (exact) mass is 316 g/mol. The van der Waals surface area contributed by atoms with Crippen molar-refractivity contribution < 1.29 is 14.6 Å². The standard InChI is InChI=1S/C21H16O3/c22-19-13-17(12-11-16-7-3-1-4-8-16)14-20(15-19)24-21(23)18-9-5-2-6-10-18/h1-15,22H/b12-11+. The summed E-state index contributed by atoms with van der Waals surface area (Å²) in [5, 5.41) is 9.85. The summed E-state index contributed by atoms with van der Waals surface area (Å²) in [6.07, 6.45) is 3.78. The Balaban J connectivity index is 1.79. The summed E-state index contributed by atoms with van der Waals surface area (Å²) < 4.78 is 5.34. The molecule has 0 spiro atoms. The molecule has 3 aromatic rings. The number of aromatic hydroxyl groups is 1. The summed E-state index contributed by atoms with van der Waals surface area (Å²) in [5.41, 5.74) is 2.25. The van der Waals surface area contributed by atoms with Crippen molar-refractivity contribution in [3.63, 3.8) is 0 Å². The normalized spacial score (nSPS) is 10.7. The second kappa shape index (κ2) is 7.29. The van der Waals surface area contributed by atoms with Crippen LogP contribution >= 0.6 is 0 Å². The molecule has 1 N–H and O–H groups in total. The number of phenolic OH excluding ortho intramolecular Hbond substituents is 1. The van der Waals surface area contributed by atoms with Crippen molar-refractivity contribution in [2.24, 2.45) is 0 Å². The Hall–Kier alpha value is -3.33. The van der Waals surface area contributed by atoms with E-state index in [1.165, 1.54) is 6.07 Å². The van der Waals surface area contributed by atoms with Gasteiger partial charge in [-0.2, -0.15) is 0 Å². The Morgan fingerprint density at radius 2 is 1.42 bits per heavy atom. The van der Waals surface area contributed by atoms with Gasteiger partial charge in [-0.25, -0.2) is 4.79 Å². The lowest BCUT2D eigenvalue weighted by molar-refractivity contribution is 0.0734. The Morgan fingerprint density at radius 1 is 0.792 bits per heavy atom. The predicted octanol–water partition coefficient (Wildman–Crippen LogP) is 4.78. The topological polar surface area (TPSA) is 46.5 Å². The Bertz CT molecular complexity index is 853. The summed E-state index contributed by atoms with van der Waals surface area (Å²) in [5.74, 6) is -0.114. The summed E-state index contributed by atoms with van der Waals surface area (Å²) in [7, 11) is 0. The van der Waals surface area contributed by atoms with E-state index < -0.39 is 5.97 Å². The van der Waals surface area contributed by atoms with Gasteiger partial charge in [-0.3, -0.25) is 0 Å². The highest BCUT2D eigenvalue weighted by Crippen LogP contribution is 2.24. The smallest absolute Gasteiger partial charge is 0.343 e. The van der Waals surface area contributed by atoms with Crippen LogP contribution in [0.1, 0.15) is 21.5 Å². The number of carbonyl (C=O) groups is 1. The van der Waals surface area contributed by atoms with E-state index in [0.29, 0.717) is 11.3 Å². The lowest BCUT2D eigenvalue weighted by atomic mass is 10.1. The number of rotatable bonds is 4. The number of esters is 1. The molecule has 0 aliphatic rings. The molecule has 0 fully saturated rings. The van der Waals surface area contributed by atoms with E-state index in [-0.39, 0.29) is 5.75 Å². The fraction of sp³-hybridized carbons (Fsp3) is 0. The van der Waals surface area contributed by atoms with Crippen LogP contribution in [0.25, 0.3) is 12.2 Å². The first-order valence-corrected chi connectivity index (χ1v) is 7.55. The zero-order valence-corrected chi connectivity index (χ0v) is 12.9. The van der Waals surface area contributed by atoms with Gasteiger partial charge in [0, 0.05) is 6.07 Å². The van der Waals surface area contributed by atoms with Crippen LogP contribution in [0.15, 0.2) is 78.9 Å². The average Bonchev–Trinajstić information content (AvgIpc) is 2.61. The van der Waals surface area contributed by atoms with Crippen molar-refractivity contribution in [1.29, 1.82) is 0 Å². The Morgan fingerprint density at radius 3 is 2.12 bits per heavy atom. The maximum atomic E-state index is 12.1. The second-order valence-electron chi connectivity index (χ2n) is 5.26. The third-order valence-corrected chi connectivity index (χ3v) is 3.40. The van der Waals surface area contributed by atoms with E-state index in [0.717, 1.165) is 11.1 Å². The van der Waals surface area contributed by atoms with Gasteiger partial charge in [0.05, 0.1) is 5.56 Å². The molecule has 0 amide bonds. The predicted molar refractivity (Wildman–Crippen MR) is 94.9 cm³/mol. The van der Waals surface area contributed by atoms with Crippen LogP contribution in [0.5, 0.6) is 11.5 Å². The van der Waals surface area contributed by atoms with Crippen LogP contribution in [0.4, 0.5) is 0 Å². The molecule has 0 radical (unpaired) electrons. The molecule has 3 rings (SSSR count). The van der Waals surface area contributed by atoms with E-state index in [1.54, 1.807) is 36.4 Å². The summed E-state index contributed by atoms with van der Waals surface area (Å²) in [6, 6.07) is 23.3. The molecule has 3 nitrogen and oxygen atoms in total. The van der Waals surface area contributed by atoms with E-state index in [2.05, 4.69) is 0 Å². The van der Waals surface area contributed by atoms with Gasteiger partial charge in [-0.05, 0) is 35.4 Å². The highest BCUT2D eigenvalue weighted by atomic mass is 16.5. The average molecular weight is 316 g/mol. The SMILES string of the molecule is O=C(Oc1cc(O)cc(/C=C/c2ccccc2)c1)c1ccccc1. The zero-order valence-electron chi connectivity index (χ0n) is 12.9. The minimum absolute atomic E-state index is 0.0427. The van der Waals surface area contributed by atoms with Crippen molar-refractivity contribution >= 4 is 18.1 Å². The van der Waals surface area contributed by atoms with Crippen molar-refractivity contribution in [3.8, 4) is 11.5 Å². The summed E-state index contributed by atoms with van der Waals surface area (Å²) >= 11 is 0. The molecule has 3 aromatic carbocycles. The van der Waals surface area contributed by atoms with Gasteiger partial charge in [-0.15, -0.1) is 0 Å².